The second-order valence-electron chi connectivity index (χ2n) is 8.75. The molecule has 6 rings (SSSR count). The number of aromatic nitrogens is 5. The van der Waals surface area contributed by atoms with Crippen LogP contribution in [0, 0.1) is 0 Å². The highest BCUT2D eigenvalue weighted by atomic mass is 16.2. The summed E-state index contributed by atoms with van der Waals surface area (Å²) >= 11 is 0. The number of hydrogen-bond acceptors (Lipinski definition) is 4. The number of carbonyl (C=O) groups excluding carboxylic acids is 1. The minimum absolute atomic E-state index is 0.0486. The van der Waals surface area contributed by atoms with Gasteiger partial charge < -0.3 is 9.88 Å². The smallest absolute Gasteiger partial charge is 0.326 e. The van der Waals surface area contributed by atoms with Crippen LogP contribution in [0.3, 0.4) is 0 Å². The number of rotatable bonds is 4. The fraction of sp³-hybridized carbons (Fsp3) is 0.185. The van der Waals surface area contributed by atoms with Gasteiger partial charge in [0, 0.05) is 43.3 Å². The zero-order chi connectivity index (χ0) is 23.8. The third-order valence-corrected chi connectivity index (χ3v) is 6.64. The van der Waals surface area contributed by atoms with Gasteiger partial charge in [0.2, 0.25) is 0 Å². The van der Waals surface area contributed by atoms with E-state index in [1.165, 1.54) is 0 Å². The number of benzene rings is 2. The SMILES string of the molecule is O=C(c1cn(-c2ccccc2)nc1-c1cccnc1)N1CCC(n2c(=O)[nH]c3ccccc32)CC1. The Bertz CT molecular complexity index is 1540. The van der Waals surface area contributed by atoms with Crippen molar-refractivity contribution in [1.29, 1.82) is 0 Å². The highest BCUT2D eigenvalue weighted by Gasteiger charge is 2.29. The van der Waals surface area contributed by atoms with Crippen LogP contribution in [-0.2, 0) is 0 Å². The first-order chi connectivity index (χ1) is 17.2. The molecule has 0 radical (unpaired) electrons. The van der Waals surface area contributed by atoms with Crippen molar-refractivity contribution in [3.63, 3.8) is 0 Å². The van der Waals surface area contributed by atoms with Crippen molar-refractivity contribution in [2.75, 3.05) is 13.1 Å². The Balaban J connectivity index is 1.28. The molecule has 8 heteroatoms. The van der Waals surface area contributed by atoms with Gasteiger partial charge in [0.05, 0.1) is 22.3 Å². The molecule has 1 fully saturated rings. The lowest BCUT2D eigenvalue weighted by Crippen LogP contribution is -2.40. The number of piperidine rings is 1. The number of carbonyl (C=O) groups is 1. The Hall–Kier alpha value is -4.46. The summed E-state index contributed by atoms with van der Waals surface area (Å²) in [6.45, 7) is 1.14. The van der Waals surface area contributed by atoms with E-state index < -0.39 is 0 Å². The number of hydrogen-bond donors (Lipinski definition) is 1. The Morgan fingerprint density at radius 2 is 1.71 bits per heavy atom. The molecule has 1 aliphatic rings. The van der Waals surface area contributed by atoms with Gasteiger partial charge in [0.15, 0.2) is 0 Å². The molecule has 5 aromatic rings. The minimum Gasteiger partial charge on any atom is -0.338 e. The lowest BCUT2D eigenvalue weighted by molar-refractivity contribution is 0.0696. The van der Waals surface area contributed by atoms with Crippen molar-refractivity contribution in [1.82, 2.24) is 29.2 Å². The third kappa shape index (κ3) is 3.82. The predicted octanol–water partition coefficient (Wildman–Crippen LogP) is 4.05. The van der Waals surface area contributed by atoms with Crippen molar-refractivity contribution >= 4 is 16.9 Å². The Kier molecular flexibility index (Phi) is 5.25. The van der Waals surface area contributed by atoms with E-state index in [0.29, 0.717) is 37.2 Å². The summed E-state index contributed by atoms with van der Waals surface area (Å²) in [6, 6.07) is 21.3. The summed E-state index contributed by atoms with van der Waals surface area (Å²) in [5.41, 5.74) is 4.49. The van der Waals surface area contributed by atoms with Crippen LogP contribution < -0.4 is 5.69 Å². The molecular weight excluding hydrogens is 440 g/mol. The Labute approximate surface area is 201 Å². The summed E-state index contributed by atoms with van der Waals surface area (Å²) in [6.07, 6.45) is 6.65. The maximum Gasteiger partial charge on any atom is 0.326 e. The van der Waals surface area contributed by atoms with Crippen LogP contribution >= 0.6 is 0 Å². The van der Waals surface area contributed by atoms with Crippen LogP contribution in [0.2, 0.25) is 0 Å². The number of aromatic amines is 1. The molecule has 0 unspecified atom stereocenters. The highest BCUT2D eigenvalue weighted by molar-refractivity contribution is 6.00. The van der Waals surface area contributed by atoms with Gasteiger partial charge in [-0.15, -0.1) is 0 Å². The third-order valence-electron chi connectivity index (χ3n) is 6.64. The lowest BCUT2D eigenvalue weighted by atomic mass is 10.0. The van der Waals surface area contributed by atoms with Crippen LogP contribution in [-0.4, -0.2) is 48.2 Å². The molecule has 4 heterocycles. The molecule has 35 heavy (non-hydrogen) atoms. The number of pyridine rings is 1. The molecule has 1 saturated heterocycles. The Morgan fingerprint density at radius 3 is 2.49 bits per heavy atom. The van der Waals surface area contributed by atoms with E-state index in [4.69, 9.17) is 5.10 Å². The minimum atomic E-state index is -0.0982. The molecular formula is C27H24N6O2. The van der Waals surface area contributed by atoms with Gasteiger partial charge in [-0.3, -0.25) is 14.3 Å². The van der Waals surface area contributed by atoms with E-state index in [2.05, 4.69) is 9.97 Å². The summed E-state index contributed by atoms with van der Waals surface area (Å²) in [4.78, 5) is 35.3. The highest BCUT2D eigenvalue weighted by Crippen LogP contribution is 2.29. The molecule has 1 N–H and O–H groups in total. The largest absolute Gasteiger partial charge is 0.338 e. The zero-order valence-electron chi connectivity index (χ0n) is 19.0. The number of amides is 1. The number of para-hydroxylation sites is 3. The molecule has 0 spiro atoms. The van der Waals surface area contributed by atoms with Crippen LogP contribution in [0.4, 0.5) is 0 Å². The van der Waals surface area contributed by atoms with E-state index >= 15 is 0 Å². The number of imidazole rings is 1. The topological polar surface area (TPSA) is 88.8 Å². The lowest BCUT2D eigenvalue weighted by Gasteiger charge is -2.32. The molecule has 1 aliphatic heterocycles. The van der Waals surface area contributed by atoms with Gasteiger partial charge in [-0.05, 0) is 49.2 Å². The average molecular weight is 465 g/mol. The maximum atomic E-state index is 13.7. The van der Waals surface area contributed by atoms with Crippen molar-refractivity contribution < 1.29 is 4.79 Å². The summed E-state index contributed by atoms with van der Waals surface area (Å²) in [7, 11) is 0. The molecule has 0 aliphatic carbocycles. The number of H-pyrrole nitrogens is 1. The quantitative estimate of drug-likeness (QED) is 0.435. The molecule has 174 valence electrons. The van der Waals surface area contributed by atoms with Crippen LogP contribution in [0.5, 0.6) is 0 Å². The maximum absolute atomic E-state index is 13.7. The van der Waals surface area contributed by atoms with Gasteiger partial charge in [-0.2, -0.15) is 5.10 Å². The van der Waals surface area contributed by atoms with Crippen molar-refractivity contribution in [3.8, 4) is 16.9 Å². The van der Waals surface area contributed by atoms with E-state index in [1.54, 1.807) is 23.3 Å². The number of likely N-dealkylation sites (tertiary alicyclic amines) is 1. The average Bonchev–Trinajstić information content (AvgIpc) is 3.50. The van der Waals surface area contributed by atoms with Crippen molar-refractivity contribution in [2.24, 2.45) is 0 Å². The first-order valence-corrected chi connectivity index (χ1v) is 11.7. The van der Waals surface area contributed by atoms with Crippen LogP contribution in [0.25, 0.3) is 28.0 Å². The molecule has 1 amide bonds. The first-order valence-electron chi connectivity index (χ1n) is 11.7. The van der Waals surface area contributed by atoms with E-state index in [0.717, 1.165) is 22.3 Å². The summed E-state index contributed by atoms with van der Waals surface area (Å²) in [5, 5.41) is 4.75. The van der Waals surface area contributed by atoms with Gasteiger partial charge in [-0.1, -0.05) is 30.3 Å². The van der Waals surface area contributed by atoms with Crippen LogP contribution in [0.1, 0.15) is 29.2 Å². The molecule has 0 saturated carbocycles. The van der Waals surface area contributed by atoms with E-state index in [1.807, 2.05) is 76.2 Å². The number of nitrogens with zero attached hydrogens (tertiary/aromatic N) is 5. The van der Waals surface area contributed by atoms with Crippen molar-refractivity contribution in [2.45, 2.75) is 18.9 Å². The standard InChI is InChI=1S/C27H24N6O2/c34-26(31-15-12-21(13-16-31)33-24-11-5-4-10-23(24)29-27(33)35)22-18-32(20-8-2-1-3-9-20)30-25(22)19-7-6-14-28-17-19/h1-11,14,17-18,21H,12-13,15-16H2,(H,29,35). The first kappa shape index (κ1) is 21.1. The normalized spacial score (nSPS) is 14.5. The molecule has 8 nitrogen and oxygen atoms in total. The van der Waals surface area contributed by atoms with Crippen LogP contribution in [0.15, 0.2) is 90.1 Å². The van der Waals surface area contributed by atoms with E-state index in [-0.39, 0.29) is 17.6 Å². The fourth-order valence-corrected chi connectivity index (χ4v) is 4.89. The second-order valence-corrected chi connectivity index (χ2v) is 8.75. The fourth-order valence-electron chi connectivity index (χ4n) is 4.89. The Morgan fingerprint density at radius 1 is 0.943 bits per heavy atom. The van der Waals surface area contributed by atoms with Gasteiger partial charge in [-0.25, -0.2) is 9.48 Å². The zero-order valence-corrected chi connectivity index (χ0v) is 19.0. The van der Waals surface area contributed by atoms with Gasteiger partial charge in [0.25, 0.3) is 5.91 Å². The molecule has 3 aromatic heterocycles. The summed E-state index contributed by atoms with van der Waals surface area (Å²) < 4.78 is 3.58. The van der Waals surface area contributed by atoms with Crippen molar-refractivity contribution in [3.05, 3.63) is 101 Å². The number of fused-ring (bicyclic) bond motifs is 1. The second kappa shape index (κ2) is 8.72. The molecule has 0 atom stereocenters. The predicted molar refractivity (Wildman–Crippen MR) is 134 cm³/mol. The van der Waals surface area contributed by atoms with Gasteiger partial charge >= 0.3 is 5.69 Å². The molecule has 2 aromatic carbocycles. The molecule has 0 bridgehead atoms. The summed E-state index contributed by atoms with van der Waals surface area (Å²) in [5.74, 6) is -0.0595. The number of nitrogens with one attached hydrogen (secondary N) is 1. The monoisotopic (exact) mass is 464 g/mol. The van der Waals surface area contributed by atoms with Gasteiger partial charge in [0.1, 0.15) is 5.69 Å². The van der Waals surface area contributed by atoms with E-state index in [9.17, 15) is 9.59 Å².